The van der Waals surface area contributed by atoms with Crippen LogP contribution in [0.4, 0.5) is 10.9 Å². The Kier molecular flexibility index (Phi) is 5.74. The molecule has 1 aliphatic heterocycles. The van der Waals surface area contributed by atoms with Crippen molar-refractivity contribution in [1.82, 2.24) is 14.1 Å². The third kappa shape index (κ3) is 3.80. The van der Waals surface area contributed by atoms with Crippen LogP contribution in [0.3, 0.4) is 0 Å². The van der Waals surface area contributed by atoms with E-state index in [0.29, 0.717) is 23.8 Å². The number of anilines is 2. The van der Waals surface area contributed by atoms with Gasteiger partial charge < -0.3 is 10.2 Å². The summed E-state index contributed by atoms with van der Waals surface area (Å²) >= 11 is 3.00. The number of nitrogen functional groups attached to an aromatic ring is 1. The Bertz CT molecular complexity index is 1460. The van der Waals surface area contributed by atoms with Crippen molar-refractivity contribution in [2.75, 3.05) is 10.7 Å². The van der Waals surface area contributed by atoms with Crippen LogP contribution in [0.5, 0.6) is 0 Å². The third-order valence-electron chi connectivity index (χ3n) is 5.66. The van der Waals surface area contributed by atoms with Gasteiger partial charge in [-0.15, -0.1) is 22.7 Å². The number of nitrogens with two attached hydrogens (primary N) is 1. The summed E-state index contributed by atoms with van der Waals surface area (Å²) in [6.07, 6.45) is 2.32. The Hall–Kier alpha value is -3.44. The van der Waals surface area contributed by atoms with Crippen LogP contribution in [0.25, 0.3) is 11.3 Å². The molecule has 5 rings (SSSR count). The predicted molar refractivity (Wildman–Crippen MR) is 136 cm³/mol. The topological polar surface area (TPSA) is 112 Å². The molecule has 11 heteroatoms. The average molecular weight is 497 g/mol. The second kappa shape index (κ2) is 8.73. The first-order valence-corrected chi connectivity index (χ1v) is 12.6. The van der Waals surface area contributed by atoms with Crippen molar-refractivity contribution >= 4 is 39.3 Å². The number of hydrogen-bond donors (Lipinski definition) is 1. The minimum Gasteiger partial charge on any atom is -0.467 e. The highest BCUT2D eigenvalue weighted by Gasteiger charge is 2.34. The smallest absolute Gasteiger partial charge is 0.332 e. The Morgan fingerprint density at radius 1 is 1.24 bits per heavy atom. The number of hydrogen-bond acceptors (Lipinski definition) is 9. The molecule has 0 radical (unpaired) electrons. The van der Waals surface area contributed by atoms with Gasteiger partial charge in [0.25, 0.3) is 5.56 Å². The minimum absolute atomic E-state index is 0.130. The normalized spacial score (nSPS) is 15.9. The molecule has 176 valence electrons. The van der Waals surface area contributed by atoms with Crippen molar-refractivity contribution in [3.8, 4) is 11.3 Å². The van der Waals surface area contributed by atoms with E-state index >= 15 is 0 Å². The van der Waals surface area contributed by atoms with Crippen LogP contribution in [0.1, 0.15) is 36.9 Å². The van der Waals surface area contributed by atoms with Gasteiger partial charge in [0.05, 0.1) is 22.5 Å². The summed E-state index contributed by atoms with van der Waals surface area (Å²) in [4.78, 5) is 31.5. The van der Waals surface area contributed by atoms with Gasteiger partial charge in [-0.25, -0.2) is 14.8 Å². The first-order chi connectivity index (χ1) is 16.3. The average Bonchev–Trinajstić information content (AvgIpc) is 3.61. The summed E-state index contributed by atoms with van der Waals surface area (Å²) < 4.78 is 8.22. The summed E-state index contributed by atoms with van der Waals surface area (Å²) in [5, 5.41) is 11.1. The van der Waals surface area contributed by atoms with Crippen LogP contribution < -0.4 is 22.0 Å². The molecule has 0 fully saturated rings. The first kappa shape index (κ1) is 22.4. The molecule has 0 saturated heterocycles. The number of thiazole rings is 1. The summed E-state index contributed by atoms with van der Waals surface area (Å²) in [5.41, 5.74) is 7.05. The van der Waals surface area contributed by atoms with Crippen molar-refractivity contribution < 1.29 is 4.42 Å². The highest BCUT2D eigenvalue weighted by molar-refractivity contribution is 7.14. The van der Waals surface area contributed by atoms with Gasteiger partial charge in [0.15, 0.2) is 0 Å². The van der Waals surface area contributed by atoms with E-state index in [1.807, 2.05) is 48.5 Å². The highest BCUT2D eigenvalue weighted by Crippen LogP contribution is 2.40. The first-order valence-electron chi connectivity index (χ1n) is 10.8. The predicted octanol–water partition coefficient (Wildman–Crippen LogP) is 3.92. The van der Waals surface area contributed by atoms with Gasteiger partial charge in [-0.1, -0.05) is 19.9 Å². The van der Waals surface area contributed by atoms with Gasteiger partial charge in [0.2, 0.25) is 5.13 Å². The maximum absolute atomic E-state index is 13.0. The lowest BCUT2D eigenvalue weighted by Crippen LogP contribution is -2.41. The molecule has 5 heterocycles. The molecule has 0 aliphatic carbocycles. The molecular formula is C23H24N6O3S2. The minimum atomic E-state index is -0.467. The highest BCUT2D eigenvalue weighted by atomic mass is 32.1. The van der Waals surface area contributed by atoms with Crippen LogP contribution in [0.2, 0.25) is 0 Å². The standard InChI is InChI=1S/C23H24N6O3S2/c1-13(2)11-28-20(24)19(21(30)27(3)23(28)31)15-12-34-22(25-15)29-16(17-6-4-8-32-17)10-14(26-29)18-7-5-9-33-18/h4-9,12-13,16H,10-11,24H2,1-3H3. The monoisotopic (exact) mass is 496 g/mol. The van der Waals surface area contributed by atoms with Crippen LogP contribution in [0, 0.1) is 5.92 Å². The molecule has 9 nitrogen and oxygen atoms in total. The van der Waals surface area contributed by atoms with E-state index in [2.05, 4.69) is 0 Å². The molecule has 0 saturated carbocycles. The Balaban J connectivity index is 1.59. The van der Waals surface area contributed by atoms with Crippen LogP contribution in [0.15, 0.2) is 60.4 Å². The lowest BCUT2D eigenvalue weighted by Gasteiger charge is -2.18. The number of hydrazone groups is 1. The molecule has 1 unspecified atom stereocenters. The van der Waals surface area contributed by atoms with Gasteiger partial charge in [-0.3, -0.25) is 13.9 Å². The zero-order valence-corrected chi connectivity index (χ0v) is 20.6. The Labute approximate surface area is 203 Å². The lowest BCUT2D eigenvalue weighted by molar-refractivity contribution is 0.465. The van der Waals surface area contributed by atoms with E-state index in [4.69, 9.17) is 20.2 Å². The fourth-order valence-electron chi connectivity index (χ4n) is 4.03. The number of furan rings is 1. The van der Waals surface area contributed by atoms with E-state index in [1.54, 1.807) is 23.0 Å². The molecular weight excluding hydrogens is 472 g/mol. The number of thiophene rings is 1. The zero-order chi connectivity index (χ0) is 24.0. The van der Waals surface area contributed by atoms with Gasteiger partial charge in [0, 0.05) is 25.4 Å². The maximum atomic E-state index is 13.0. The SMILES string of the molecule is CC(C)Cn1c(N)c(-c2csc(N3N=C(c4cccs4)CC3c3ccco3)n2)c(=O)n(C)c1=O. The Morgan fingerprint density at radius 2 is 2.06 bits per heavy atom. The second-order valence-corrected chi connectivity index (χ2v) is 10.3. The number of nitrogens with zero attached hydrogens (tertiary/aromatic N) is 5. The second-order valence-electron chi connectivity index (χ2n) is 8.53. The van der Waals surface area contributed by atoms with Crippen molar-refractivity contribution in [3.05, 3.63) is 72.8 Å². The summed E-state index contributed by atoms with van der Waals surface area (Å²) in [6, 6.07) is 7.67. The largest absolute Gasteiger partial charge is 0.467 e. The molecule has 2 N–H and O–H groups in total. The molecule has 0 bridgehead atoms. The number of aromatic nitrogens is 3. The Morgan fingerprint density at radius 3 is 2.74 bits per heavy atom. The maximum Gasteiger partial charge on any atom is 0.332 e. The molecule has 34 heavy (non-hydrogen) atoms. The van der Waals surface area contributed by atoms with Crippen LogP contribution >= 0.6 is 22.7 Å². The molecule has 1 atom stereocenters. The third-order valence-corrected chi connectivity index (χ3v) is 7.41. The zero-order valence-electron chi connectivity index (χ0n) is 19.0. The van der Waals surface area contributed by atoms with E-state index in [9.17, 15) is 9.59 Å². The van der Waals surface area contributed by atoms with E-state index in [-0.39, 0.29) is 23.3 Å². The fraction of sp³-hybridized carbons (Fsp3) is 0.304. The van der Waals surface area contributed by atoms with Crippen molar-refractivity contribution in [2.24, 2.45) is 18.1 Å². The van der Waals surface area contributed by atoms with Crippen LogP contribution in [-0.2, 0) is 13.6 Å². The molecule has 4 aromatic rings. The number of rotatable bonds is 6. The van der Waals surface area contributed by atoms with Crippen LogP contribution in [-0.4, -0.2) is 19.8 Å². The van der Waals surface area contributed by atoms with Gasteiger partial charge >= 0.3 is 5.69 Å². The molecule has 1 aliphatic rings. The van der Waals surface area contributed by atoms with E-state index in [1.165, 1.54) is 23.0 Å². The summed E-state index contributed by atoms with van der Waals surface area (Å²) in [5.74, 6) is 1.10. The van der Waals surface area contributed by atoms with Gasteiger partial charge in [-0.2, -0.15) is 5.10 Å². The molecule has 0 amide bonds. The van der Waals surface area contributed by atoms with Crippen molar-refractivity contribution in [3.63, 3.8) is 0 Å². The van der Waals surface area contributed by atoms with Gasteiger partial charge in [-0.05, 0) is 29.5 Å². The summed E-state index contributed by atoms with van der Waals surface area (Å²) in [7, 11) is 1.46. The molecule has 0 spiro atoms. The van der Waals surface area contributed by atoms with E-state index in [0.717, 1.165) is 20.9 Å². The quantitative estimate of drug-likeness (QED) is 0.433. The van der Waals surface area contributed by atoms with Gasteiger partial charge in [0.1, 0.15) is 23.2 Å². The molecule has 0 aromatic carbocycles. The van der Waals surface area contributed by atoms with E-state index < -0.39 is 11.2 Å². The van der Waals surface area contributed by atoms with Crippen molar-refractivity contribution in [2.45, 2.75) is 32.9 Å². The molecule has 4 aromatic heterocycles. The van der Waals surface area contributed by atoms with Crippen molar-refractivity contribution in [1.29, 1.82) is 0 Å². The summed E-state index contributed by atoms with van der Waals surface area (Å²) in [6.45, 7) is 4.38. The fourth-order valence-corrected chi connectivity index (χ4v) is 5.57. The lowest BCUT2D eigenvalue weighted by atomic mass is 10.1.